The standard InChI is InChI=1S/C15H18N2O5S/c1-15(2,14(18)16-19)17-23(20,21)9-6-7-11-10-4-3-5-12(10)22-13(11)8-9/h6-8,17,19H,3-5H2,1-2H3,(H,16,18). The summed E-state index contributed by atoms with van der Waals surface area (Å²) in [4.78, 5) is 11.6. The van der Waals surface area contributed by atoms with Crippen LogP contribution in [0.4, 0.5) is 0 Å². The Morgan fingerprint density at radius 1 is 1.30 bits per heavy atom. The highest BCUT2D eigenvalue weighted by atomic mass is 32.2. The van der Waals surface area contributed by atoms with Crippen LogP contribution in [0.25, 0.3) is 11.0 Å². The molecule has 3 rings (SSSR count). The second-order valence-electron chi connectivity index (χ2n) is 6.19. The number of hydrogen-bond donors (Lipinski definition) is 3. The van der Waals surface area contributed by atoms with Gasteiger partial charge in [0.2, 0.25) is 10.0 Å². The van der Waals surface area contributed by atoms with E-state index < -0.39 is 21.5 Å². The SMILES string of the molecule is CC(C)(NS(=O)(=O)c1ccc2c3c(oc2c1)CCC3)C(=O)NO. The van der Waals surface area contributed by atoms with E-state index >= 15 is 0 Å². The van der Waals surface area contributed by atoms with Crippen LogP contribution in [0.1, 0.15) is 31.6 Å². The Morgan fingerprint density at radius 3 is 2.74 bits per heavy atom. The van der Waals surface area contributed by atoms with Gasteiger partial charge in [-0.1, -0.05) is 0 Å². The Bertz CT molecular complexity index is 883. The maximum atomic E-state index is 12.5. The number of hydrogen-bond acceptors (Lipinski definition) is 5. The number of sulfonamides is 1. The van der Waals surface area contributed by atoms with Crippen molar-refractivity contribution >= 4 is 26.9 Å². The molecule has 0 saturated heterocycles. The van der Waals surface area contributed by atoms with E-state index in [1.54, 1.807) is 6.07 Å². The molecule has 8 heteroatoms. The van der Waals surface area contributed by atoms with Gasteiger partial charge in [0.15, 0.2) is 0 Å². The molecule has 0 fully saturated rings. The van der Waals surface area contributed by atoms with Crippen molar-refractivity contribution in [2.24, 2.45) is 0 Å². The molecule has 7 nitrogen and oxygen atoms in total. The fourth-order valence-corrected chi connectivity index (χ4v) is 4.22. The Morgan fingerprint density at radius 2 is 2.04 bits per heavy atom. The third-order valence-corrected chi connectivity index (χ3v) is 5.70. The van der Waals surface area contributed by atoms with E-state index in [9.17, 15) is 13.2 Å². The third-order valence-electron chi connectivity index (χ3n) is 4.05. The molecule has 1 amide bonds. The van der Waals surface area contributed by atoms with Crippen molar-refractivity contribution in [3.05, 3.63) is 29.5 Å². The zero-order chi connectivity index (χ0) is 16.8. The Balaban J connectivity index is 1.97. The lowest BCUT2D eigenvalue weighted by atomic mass is 10.1. The molecule has 23 heavy (non-hydrogen) atoms. The van der Waals surface area contributed by atoms with Gasteiger partial charge in [-0.25, -0.2) is 13.9 Å². The summed E-state index contributed by atoms with van der Waals surface area (Å²) in [6.07, 6.45) is 2.86. The van der Waals surface area contributed by atoms with Gasteiger partial charge in [-0.05, 0) is 38.8 Å². The van der Waals surface area contributed by atoms with Crippen molar-refractivity contribution < 1.29 is 22.8 Å². The van der Waals surface area contributed by atoms with Gasteiger partial charge in [-0.2, -0.15) is 4.72 Å². The molecule has 0 unspecified atom stereocenters. The first-order valence-electron chi connectivity index (χ1n) is 7.27. The van der Waals surface area contributed by atoms with E-state index in [0.29, 0.717) is 5.58 Å². The van der Waals surface area contributed by atoms with Gasteiger partial charge >= 0.3 is 0 Å². The number of rotatable bonds is 4. The number of carbonyl (C=O) groups excluding carboxylic acids is 1. The molecule has 0 bridgehead atoms. The highest BCUT2D eigenvalue weighted by Gasteiger charge is 2.33. The number of benzene rings is 1. The van der Waals surface area contributed by atoms with E-state index in [2.05, 4.69) is 4.72 Å². The van der Waals surface area contributed by atoms with Crippen LogP contribution in [0.2, 0.25) is 0 Å². The highest BCUT2D eigenvalue weighted by Crippen LogP contribution is 2.33. The lowest BCUT2D eigenvalue weighted by Gasteiger charge is -2.23. The van der Waals surface area contributed by atoms with Gasteiger partial charge < -0.3 is 4.42 Å². The van der Waals surface area contributed by atoms with Gasteiger partial charge in [-0.15, -0.1) is 0 Å². The maximum absolute atomic E-state index is 12.5. The summed E-state index contributed by atoms with van der Waals surface area (Å²) < 4.78 is 33.0. The maximum Gasteiger partial charge on any atom is 0.264 e. The summed E-state index contributed by atoms with van der Waals surface area (Å²) in [6.45, 7) is 2.71. The zero-order valence-corrected chi connectivity index (χ0v) is 13.7. The fourth-order valence-electron chi connectivity index (χ4n) is 2.83. The average Bonchev–Trinajstić information content (AvgIpc) is 3.04. The molecule has 0 spiro atoms. The number of furan rings is 1. The number of nitrogens with one attached hydrogen (secondary N) is 2. The molecule has 1 aliphatic rings. The van der Waals surface area contributed by atoms with E-state index in [1.807, 2.05) is 0 Å². The summed E-state index contributed by atoms with van der Waals surface area (Å²) in [5.41, 5.74) is 1.64. The summed E-state index contributed by atoms with van der Waals surface area (Å²) >= 11 is 0. The highest BCUT2D eigenvalue weighted by molar-refractivity contribution is 7.89. The van der Waals surface area contributed by atoms with Crippen molar-refractivity contribution in [2.45, 2.75) is 43.5 Å². The quantitative estimate of drug-likeness (QED) is 0.578. The van der Waals surface area contributed by atoms with Gasteiger partial charge in [0.25, 0.3) is 5.91 Å². The van der Waals surface area contributed by atoms with E-state index in [4.69, 9.17) is 9.62 Å². The molecule has 1 aliphatic carbocycles. The van der Waals surface area contributed by atoms with Crippen LogP contribution in [0.15, 0.2) is 27.5 Å². The molecule has 2 aromatic rings. The van der Waals surface area contributed by atoms with E-state index in [-0.39, 0.29) is 4.90 Å². The third kappa shape index (κ3) is 2.73. The second-order valence-corrected chi connectivity index (χ2v) is 7.87. The van der Waals surface area contributed by atoms with Gasteiger partial charge in [0, 0.05) is 23.4 Å². The van der Waals surface area contributed by atoms with Crippen LogP contribution >= 0.6 is 0 Å². The molecule has 3 N–H and O–H groups in total. The van der Waals surface area contributed by atoms with Crippen LogP contribution in [0.5, 0.6) is 0 Å². The molecule has 0 radical (unpaired) electrons. The normalized spacial score (nSPS) is 14.9. The van der Waals surface area contributed by atoms with Gasteiger partial charge in [0.1, 0.15) is 16.9 Å². The predicted molar refractivity (Wildman–Crippen MR) is 82.6 cm³/mol. The molecule has 0 atom stereocenters. The van der Waals surface area contributed by atoms with Crippen molar-refractivity contribution in [1.82, 2.24) is 10.2 Å². The topological polar surface area (TPSA) is 109 Å². The summed E-state index contributed by atoms with van der Waals surface area (Å²) in [5.74, 6) is 0.0709. The molecule has 124 valence electrons. The van der Waals surface area contributed by atoms with E-state index in [0.717, 1.165) is 36.0 Å². The van der Waals surface area contributed by atoms with E-state index in [1.165, 1.54) is 31.5 Å². The smallest absolute Gasteiger partial charge is 0.264 e. The van der Waals surface area contributed by atoms with Crippen molar-refractivity contribution in [2.75, 3.05) is 0 Å². The first kappa shape index (κ1) is 16.0. The number of amides is 1. The van der Waals surface area contributed by atoms with Crippen molar-refractivity contribution in [1.29, 1.82) is 0 Å². The Labute approximate surface area is 133 Å². The molecule has 0 saturated carbocycles. The minimum atomic E-state index is -3.94. The molecule has 1 aromatic carbocycles. The van der Waals surface area contributed by atoms with Gasteiger partial charge in [-0.3, -0.25) is 10.0 Å². The van der Waals surface area contributed by atoms with Crippen LogP contribution in [0, 0.1) is 0 Å². The largest absolute Gasteiger partial charge is 0.461 e. The fraction of sp³-hybridized carbons (Fsp3) is 0.400. The minimum Gasteiger partial charge on any atom is -0.461 e. The van der Waals surface area contributed by atoms with Crippen LogP contribution in [0.3, 0.4) is 0 Å². The number of hydroxylamine groups is 1. The molecule has 1 heterocycles. The molecule has 1 aromatic heterocycles. The number of carbonyl (C=O) groups is 1. The minimum absolute atomic E-state index is 0.0104. The predicted octanol–water partition coefficient (Wildman–Crippen LogP) is 1.48. The molecule has 0 aliphatic heterocycles. The number of aryl methyl sites for hydroxylation is 2. The summed E-state index contributed by atoms with van der Waals surface area (Å²) in [6, 6.07) is 4.69. The van der Waals surface area contributed by atoms with Crippen LogP contribution in [-0.2, 0) is 27.7 Å². The molecular formula is C15H18N2O5S. The van der Waals surface area contributed by atoms with Gasteiger partial charge in [0.05, 0.1) is 4.90 Å². The van der Waals surface area contributed by atoms with Crippen LogP contribution < -0.4 is 10.2 Å². The second kappa shape index (κ2) is 5.33. The lowest BCUT2D eigenvalue weighted by Crippen LogP contribution is -2.53. The summed E-state index contributed by atoms with van der Waals surface area (Å²) in [7, 11) is -3.94. The lowest BCUT2D eigenvalue weighted by molar-refractivity contribution is -0.134. The summed E-state index contributed by atoms with van der Waals surface area (Å²) in [5, 5.41) is 9.63. The number of fused-ring (bicyclic) bond motifs is 3. The Kier molecular flexibility index (Phi) is 3.70. The Hall–Kier alpha value is -1.90. The van der Waals surface area contributed by atoms with Crippen molar-refractivity contribution in [3.63, 3.8) is 0 Å². The monoisotopic (exact) mass is 338 g/mol. The first-order valence-corrected chi connectivity index (χ1v) is 8.76. The average molecular weight is 338 g/mol. The zero-order valence-electron chi connectivity index (χ0n) is 12.8. The first-order chi connectivity index (χ1) is 10.7. The van der Waals surface area contributed by atoms with Crippen molar-refractivity contribution in [3.8, 4) is 0 Å². The molecular weight excluding hydrogens is 320 g/mol. The van der Waals surface area contributed by atoms with Crippen LogP contribution in [-0.4, -0.2) is 25.1 Å².